The molecule has 1 saturated heterocycles. The zero-order valence-electron chi connectivity index (χ0n) is 25.7. The molecule has 11 nitrogen and oxygen atoms in total. The molecule has 0 spiro atoms. The van der Waals surface area contributed by atoms with Crippen LogP contribution in [-0.4, -0.2) is 70.3 Å². The lowest BCUT2D eigenvalue weighted by Crippen LogP contribution is -2.43. The fraction of sp³-hybridized carbons (Fsp3) is 0.625. The first-order valence-corrected chi connectivity index (χ1v) is 14.6. The Morgan fingerprint density at radius 3 is 2.14 bits per heavy atom. The number of aromatic nitrogens is 1. The maximum Gasteiger partial charge on any atom is 0.340 e. The van der Waals surface area contributed by atoms with E-state index in [1.165, 1.54) is 33.2 Å². The molecule has 0 bridgehead atoms. The van der Waals surface area contributed by atoms with Gasteiger partial charge in [-0.3, -0.25) is 24.2 Å². The van der Waals surface area contributed by atoms with E-state index >= 15 is 0 Å². The average molecular weight is 598 g/mol. The number of carbonyl (C=O) groups is 5. The van der Waals surface area contributed by atoms with Crippen LogP contribution in [0.25, 0.3) is 0 Å². The van der Waals surface area contributed by atoms with Crippen molar-refractivity contribution in [3.05, 3.63) is 41.7 Å². The van der Waals surface area contributed by atoms with Gasteiger partial charge in [0.2, 0.25) is 0 Å². The molecule has 2 saturated carbocycles. The molecule has 10 atom stereocenters. The Hall–Kier alpha value is -3.60. The van der Waals surface area contributed by atoms with Gasteiger partial charge in [-0.1, -0.05) is 27.7 Å². The van der Waals surface area contributed by atoms with Gasteiger partial charge < -0.3 is 23.7 Å². The molecule has 2 heterocycles. The van der Waals surface area contributed by atoms with Crippen LogP contribution in [0.15, 0.2) is 36.2 Å². The highest BCUT2D eigenvalue weighted by Crippen LogP contribution is 2.69. The number of esters is 4. The highest BCUT2D eigenvalue weighted by atomic mass is 16.7. The highest BCUT2D eigenvalue weighted by molar-refractivity contribution is 5.96. The Kier molecular flexibility index (Phi) is 7.56. The number of nitrogens with zero attached hydrogens (tertiary/aromatic N) is 1. The molecule has 43 heavy (non-hydrogen) atoms. The molecule has 0 amide bonds. The number of hydrogen-bond donors (Lipinski definition) is 0. The van der Waals surface area contributed by atoms with E-state index in [0.29, 0.717) is 5.57 Å². The lowest BCUT2D eigenvalue weighted by Gasteiger charge is -2.30. The van der Waals surface area contributed by atoms with Crippen molar-refractivity contribution in [1.82, 2.24) is 4.98 Å². The van der Waals surface area contributed by atoms with Crippen molar-refractivity contribution in [2.24, 2.45) is 29.1 Å². The number of fused-ring (bicyclic) bond motifs is 1. The van der Waals surface area contributed by atoms with Gasteiger partial charge in [0.15, 0.2) is 23.1 Å². The molecule has 0 aromatic carbocycles. The first-order chi connectivity index (χ1) is 20.1. The molecule has 0 N–H and O–H groups in total. The average Bonchev–Trinajstić information content (AvgIpc) is 3.71. The smallest absolute Gasteiger partial charge is 0.340 e. The van der Waals surface area contributed by atoms with Gasteiger partial charge >= 0.3 is 23.9 Å². The first-order valence-electron chi connectivity index (χ1n) is 14.6. The summed E-state index contributed by atoms with van der Waals surface area (Å²) in [6.45, 7) is 13.0. The van der Waals surface area contributed by atoms with Crippen LogP contribution in [0.4, 0.5) is 0 Å². The van der Waals surface area contributed by atoms with Crippen LogP contribution in [0, 0.1) is 29.1 Å². The van der Waals surface area contributed by atoms with E-state index in [-0.39, 0.29) is 23.7 Å². The lowest BCUT2D eigenvalue weighted by molar-refractivity contribution is -0.154. The Labute approximate surface area is 250 Å². The predicted octanol–water partition coefficient (Wildman–Crippen LogP) is 3.39. The zero-order chi connectivity index (χ0) is 31.6. The number of rotatable bonds is 5. The molecule has 232 valence electrons. The summed E-state index contributed by atoms with van der Waals surface area (Å²) in [5, 5.41) is 0. The fourth-order valence-electron chi connectivity index (χ4n) is 7.87. The first kappa shape index (κ1) is 30.8. The van der Waals surface area contributed by atoms with E-state index in [1.807, 2.05) is 20.8 Å². The normalized spacial score (nSPS) is 40.2. The van der Waals surface area contributed by atoms with Crippen LogP contribution in [-0.2, 0) is 42.9 Å². The van der Waals surface area contributed by atoms with Crippen molar-refractivity contribution in [3.63, 3.8) is 0 Å². The van der Waals surface area contributed by atoms with Crippen molar-refractivity contribution in [3.8, 4) is 0 Å². The summed E-state index contributed by atoms with van der Waals surface area (Å²) in [4.78, 5) is 69.0. The SMILES string of the molecule is CC(=O)OC1/C(C)=C/C23OC2(CC(C)C3OC(C)=O)C(=O)C(C)C(OC(C)=O)C2C(C1OC(=O)c1cccnc1)C2(C)C. The van der Waals surface area contributed by atoms with Crippen molar-refractivity contribution in [1.29, 1.82) is 0 Å². The summed E-state index contributed by atoms with van der Waals surface area (Å²) >= 11 is 0. The quantitative estimate of drug-likeness (QED) is 0.213. The molecule has 4 aliphatic rings. The summed E-state index contributed by atoms with van der Waals surface area (Å²) < 4.78 is 30.0. The van der Waals surface area contributed by atoms with E-state index in [9.17, 15) is 24.0 Å². The Morgan fingerprint density at radius 1 is 0.930 bits per heavy atom. The van der Waals surface area contributed by atoms with Gasteiger partial charge in [-0.05, 0) is 48.5 Å². The molecular formula is C32H39NO10. The van der Waals surface area contributed by atoms with Crippen molar-refractivity contribution >= 4 is 29.7 Å². The number of ether oxygens (including phenoxy) is 5. The van der Waals surface area contributed by atoms with Crippen molar-refractivity contribution in [2.45, 2.75) is 97.4 Å². The number of pyridine rings is 1. The molecule has 3 aliphatic carbocycles. The van der Waals surface area contributed by atoms with Crippen LogP contribution >= 0.6 is 0 Å². The molecule has 5 rings (SSSR count). The number of Topliss-reactive ketones (excluding diaryl/α,β-unsaturated/α-hetero) is 1. The molecule has 1 aliphatic heterocycles. The maximum absolute atomic E-state index is 14.4. The Morgan fingerprint density at radius 2 is 1.56 bits per heavy atom. The third kappa shape index (κ3) is 4.95. The fourth-order valence-corrected chi connectivity index (χ4v) is 7.87. The molecule has 1 aromatic rings. The Balaban J connectivity index is 1.69. The standard InChI is InChI=1S/C32H39NO10/c1-15-12-32-28(41-20(6)36)16(2)13-31(32,43-32)27(37)17(3)25(40-19(5)35)22-23(30(22,7)8)26(24(15)39-18(4)34)42-29(38)21-10-9-11-33-14-21/h9-12,14,16-17,22-26,28H,13H2,1-8H3/b15-12+. The van der Waals surface area contributed by atoms with Gasteiger partial charge in [-0.25, -0.2) is 4.79 Å². The van der Waals surface area contributed by atoms with Crippen LogP contribution < -0.4 is 0 Å². The van der Waals surface area contributed by atoms with Crippen molar-refractivity contribution < 1.29 is 47.7 Å². The third-order valence-corrected chi connectivity index (χ3v) is 9.71. The molecular weight excluding hydrogens is 558 g/mol. The lowest BCUT2D eigenvalue weighted by atomic mass is 9.80. The minimum Gasteiger partial charge on any atom is -0.461 e. The second kappa shape index (κ2) is 10.5. The van der Waals surface area contributed by atoms with E-state index in [4.69, 9.17) is 23.7 Å². The van der Waals surface area contributed by atoms with E-state index in [0.717, 1.165) is 0 Å². The van der Waals surface area contributed by atoms with Gasteiger partial charge in [0.25, 0.3) is 0 Å². The highest BCUT2D eigenvalue weighted by Gasteiger charge is 2.84. The van der Waals surface area contributed by atoms with Gasteiger partial charge in [-0.15, -0.1) is 0 Å². The second-order valence-corrected chi connectivity index (χ2v) is 13.1. The van der Waals surface area contributed by atoms with Crippen LogP contribution in [0.3, 0.4) is 0 Å². The summed E-state index contributed by atoms with van der Waals surface area (Å²) in [5.74, 6) is -4.58. The topological polar surface area (TPSA) is 148 Å². The summed E-state index contributed by atoms with van der Waals surface area (Å²) in [6.07, 6.45) is 1.09. The summed E-state index contributed by atoms with van der Waals surface area (Å²) in [6, 6.07) is 3.17. The van der Waals surface area contributed by atoms with Crippen LogP contribution in [0.5, 0.6) is 0 Å². The largest absolute Gasteiger partial charge is 0.461 e. The van der Waals surface area contributed by atoms with E-state index in [1.54, 1.807) is 32.1 Å². The maximum atomic E-state index is 14.4. The zero-order valence-corrected chi connectivity index (χ0v) is 25.7. The van der Waals surface area contributed by atoms with E-state index in [2.05, 4.69) is 4.98 Å². The van der Waals surface area contributed by atoms with Gasteiger partial charge in [0.05, 0.1) is 11.5 Å². The number of epoxide rings is 1. The van der Waals surface area contributed by atoms with Crippen molar-refractivity contribution in [2.75, 3.05) is 0 Å². The van der Waals surface area contributed by atoms with Gasteiger partial charge in [-0.2, -0.15) is 0 Å². The van der Waals surface area contributed by atoms with Gasteiger partial charge in [0.1, 0.15) is 18.3 Å². The summed E-state index contributed by atoms with van der Waals surface area (Å²) in [7, 11) is 0. The number of carbonyl (C=O) groups excluding carboxylic acids is 5. The van der Waals surface area contributed by atoms with Gasteiger partial charge in [0, 0.05) is 45.0 Å². The monoisotopic (exact) mass is 597 g/mol. The van der Waals surface area contributed by atoms with Crippen LogP contribution in [0.2, 0.25) is 0 Å². The molecule has 11 heteroatoms. The number of ketones is 1. The third-order valence-electron chi connectivity index (χ3n) is 9.71. The van der Waals surface area contributed by atoms with E-state index < -0.39 is 82.7 Å². The molecule has 0 radical (unpaired) electrons. The molecule has 1 aromatic heterocycles. The number of hydrogen-bond acceptors (Lipinski definition) is 11. The minimum absolute atomic E-state index is 0.206. The molecule has 3 fully saturated rings. The second-order valence-electron chi connectivity index (χ2n) is 13.1. The molecule has 10 unspecified atom stereocenters. The van der Waals surface area contributed by atoms with Crippen LogP contribution in [0.1, 0.15) is 72.2 Å². The predicted molar refractivity (Wildman–Crippen MR) is 149 cm³/mol. The minimum atomic E-state index is -1.34. The summed E-state index contributed by atoms with van der Waals surface area (Å²) in [5.41, 5.74) is -2.59. The Bertz CT molecular complexity index is 1390.